The highest BCUT2D eigenvalue weighted by Gasteiger charge is 2.35. The molecule has 0 atom stereocenters. The number of carbonyl (C=O) groups excluding carboxylic acids is 2. The van der Waals surface area contributed by atoms with Gasteiger partial charge in [0.05, 0.1) is 11.5 Å². The van der Waals surface area contributed by atoms with Crippen molar-refractivity contribution in [3.8, 4) is 0 Å². The van der Waals surface area contributed by atoms with Crippen LogP contribution in [0, 0.1) is 25.5 Å². The van der Waals surface area contributed by atoms with E-state index in [1.54, 1.807) is 0 Å². The van der Waals surface area contributed by atoms with Gasteiger partial charge in [0, 0.05) is 34.8 Å². The molecule has 2 aromatic carbocycles. The molecule has 0 amide bonds. The average Bonchev–Trinajstić information content (AvgIpc) is 2.88. The lowest BCUT2D eigenvalue weighted by Gasteiger charge is -2.11. The second-order valence-electron chi connectivity index (χ2n) is 9.64. The van der Waals surface area contributed by atoms with Gasteiger partial charge in [-0.2, -0.15) is 52.7 Å². The summed E-state index contributed by atoms with van der Waals surface area (Å²) < 4.78 is 174. The zero-order chi connectivity index (χ0) is 37.4. The fourth-order valence-corrected chi connectivity index (χ4v) is 4.92. The number of alkyl halides is 12. The first-order valence-electron chi connectivity index (χ1n) is 12.6. The van der Waals surface area contributed by atoms with Crippen LogP contribution < -0.4 is 5.73 Å². The molecule has 3 N–H and O–H groups in total. The Morgan fingerprint density at radius 2 is 1.02 bits per heavy atom. The molecule has 268 valence electrons. The van der Waals surface area contributed by atoms with Crippen molar-refractivity contribution in [3.05, 3.63) is 81.8 Å². The number of nitrogens with two attached hydrogens (primary N) is 1. The summed E-state index contributed by atoms with van der Waals surface area (Å²) in [6.07, 6.45) is -20.4. The summed E-state index contributed by atoms with van der Waals surface area (Å²) in [5.41, 5.74) is 2.81. The maximum atomic E-state index is 13.8. The van der Waals surface area contributed by atoms with Crippen LogP contribution in [0.3, 0.4) is 0 Å². The summed E-state index contributed by atoms with van der Waals surface area (Å²) in [7, 11) is 0. The maximum absolute atomic E-state index is 13.8. The molecule has 0 bridgehead atoms. The molecule has 0 aliphatic rings. The minimum absolute atomic E-state index is 0.0561. The van der Waals surface area contributed by atoms with Crippen molar-refractivity contribution in [2.75, 3.05) is 11.5 Å². The van der Waals surface area contributed by atoms with Crippen LogP contribution in [0.4, 0.5) is 61.5 Å². The first-order chi connectivity index (χ1) is 21.6. The summed E-state index contributed by atoms with van der Waals surface area (Å²) in [6, 6.07) is 3.83. The topological polar surface area (TPSA) is 80.4 Å². The fraction of sp³-hybridized carbons (Fsp3) is 0.357. The molecule has 20 heteroatoms. The molecule has 0 aliphatic carbocycles. The molecule has 2 aromatic rings. The first-order valence-corrected chi connectivity index (χ1v) is 14.6. The van der Waals surface area contributed by atoms with Crippen LogP contribution in [0.15, 0.2) is 57.7 Å². The van der Waals surface area contributed by atoms with Crippen molar-refractivity contribution in [2.45, 2.75) is 61.2 Å². The van der Waals surface area contributed by atoms with Gasteiger partial charge in [-0.3, -0.25) is 9.59 Å². The van der Waals surface area contributed by atoms with Crippen molar-refractivity contribution < 1.29 is 76.2 Å². The van der Waals surface area contributed by atoms with Crippen molar-refractivity contribution in [3.63, 3.8) is 0 Å². The molecule has 0 heterocycles. The number of carbonyl (C=O) groups is 2. The number of rotatable bonds is 10. The number of hydrogen-bond acceptors (Lipinski definition) is 6. The molecule has 0 fully saturated rings. The van der Waals surface area contributed by atoms with Gasteiger partial charge < -0.3 is 10.8 Å². The van der Waals surface area contributed by atoms with E-state index < -0.39 is 83.7 Å². The highest BCUT2D eigenvalue weighted by molar-refractivity contribution is 7.99. The van der Waals surface area contributed by atoms with Crippen LogP contribution in [0.25, 0.3) is 0 Å². The SMILES string of the molecule is Cc1cc(F)c(CC(=O)/C=C(\N)C(F)(F)F)cc1SCC(F)(F)F.Cc1cc(F)c(CC(=O)/C=C(\O)C(F)(F)F)cc1SCC(F)(F)F. The van der Waals surface area contributed by atoms with E-state index >= 15 is 0 Å². The summed E-state index contributed by atoms with van der Waals surface area (Å²) in [5, 5.41) is 8.67. The third-order valence-electron chi connectivity index (χ3n) is 5.43. The van der Waals surface area contributed by atoms with E-state index in [4.69, 9.17) is 5.11 Å². The molecular weight excluding hydrogens is 728 g/mol. The van der Waals surface area contributed by atoms with E-state index in [-0.39, 0.29) is 44.2 Å². The molecule has 48 heavy (non-hydrogen) atoms. The molecule has 4 nitrogen and oxygen atoms in total. The van der Waals surface area contributed by atoms with Crippen molar-refractivity contribution in [1.82, 2.24) is 0 Å². The monoisotopic (exact) mass is 751 g/mol. The van der Waals surface area contributed by atoms with Gasteiger partial charge in [0.15, 0.2) is 11.6 Å². The third kappa shape index (κ3) is 15.7. The largest absolute Gasteiger partial charge is 0.504 e. The Hall–Kier alpha value is -3.42. The molecule has 0 saturated carbocycles. The number of halogens is 14. The first kappa shape index (κ1) is 42.6. The number of aryl methyl sites for hydroxylation is 2. The van der Waals surface area contributed by atoms with Crippen LogP contribution in [0.5, 0.6) is 0 Å². The normalized spacial score (nSPS) is 13.2. The molecule has 0 radical (unpaired) electrons. The Balaban J connectivity index is 0.000000480. The molecule has 0 spiro atoms. The van der Waals surface area contributed by atoms with Crippen LogP contribution in [-0.4, -0.2) is 52.9 Å². The number of allylic oxidation sites excluding steroid dienone is 4. The average molecular weight is 752 g/mol. The minimum atomic E-state index is -5.12. The lowest BCUT2D eigenvalue weighted by Crippen LogP contribution is -2.21. The molecule has 0 unspecified atom stereocenters. The summed E-state index contributed by atoms with van der Waals surface area (Å²) in [6.45, 7) is 2.75. The molecule has 0 saturated heterocycles. The predicted molar refractivity (Wildman–Crippen MR) is 148 cm³/mol. The van der Waals surface area contributed by atoms with Crippen molar-refractivity contribution in [1.29, 1.82) is 0 Å². The van der Waals surface area contributed by atoms with Gasteiger partial charge in [-0.25, -0.2) is 8.78 Å². The van der Waals surface area contributed by atoms with Gasteiger partial charge in [-0.1, -0.05) is 0 Å². The van der Waals surface area contributed by atoms with E-state index in [0.29, 0.717) is 23.5 Å². The summed E-state index contributed by atoms with van der Waals surface area (Å²) in [5.74, 6) is -8.76. The van der Waals surface area contributed by atoms with Crippen LogP contribution in [0.1, 0.15) is 22.3 Å². The summed E-state index contributed by atoms with van der Waals surface area (Å²) >= 11 is 0.773. The van der Waals surface area contributed by atoms with Gasteiger partial charge in [0.2, 0.25) is 5.76 Å². The second-order valence-corrected chi connectivity index (χ2v) is 11.7. The lowest BCUT2D eigenvalue weighted by atomic mass is 10.1. The van der Waals surface area contributed by atoms with E-state index in [0.717, 1.165) is 24.3 Å². The molecule has 2 rings (SSSR count). The smallest absolute Gasteiger partial charge is 0.448 e. The van der Waals surface area contributed by atoms with Gasteiger partial charge in [0.1, 0.15) is 17.3 Å². The van der Waals surface area contributed by atoms with E-state index in [2.05, 4.69) is 5.73 Å². The number of aliphatic hydroxyl groups is 1. The van der Waals surface area contributed by atoms with Crippen LogP contribution in [-0.2, 0) is 22.4 Å². The predicted octanol–water partition coefficient (Wildman–Crippen LogP) is 9.21. The summed E-state index contributed by atoms with van der Waals surface area (Å²) in [4.78, 5) is 23.1. The highest BCUT2D eigenvalue weighted by atomic mass is 32.2. The van der Waals surface area contributed by atoms with E-state index in [9.17, 15) is 71.1 Å². The Kier molecular flexibility index (Phi) is 14.9. The molecule has 0 aliphatic heterocycles. The molecular formula is C28H23F14NO3S2. The minimum Gasteiger partial charge on any atom is -0.504 e. The quantitative estimate of drug-likeness (QED) is 0.109. The van der Waals surface area contributed by atoms with Crippen LogP contribution in [0.2, 0.25) is 0 Å². The highest BCUT2D eigenvalue weighted by Crippen LogP contribution is 2.33. The Morgan fingerprint density at radius 3 is 1.33 bits per heavy atom. The van der Waals surface area contributed by atoms with E-state index in [1.165, 1.54) is 13.8 Å². The number of thioether (sulfide) groups is 2. The molecule has 0 aromatic heterocycles. The fourth-order valence-electron chi connectivity index (χ4n) is 3.26. The standard InChI is InChI=1S/C14H12F7NOS.C14H11F7O2S/c1-7-2-10(15)8(4-11(7)24-6-13(16,17)18)3-9(23)5-12(22)14(19,20)21;1-7-2-10(15)8(4-11(7)24-6-13(16,17)18)3-9(22)5-12(23)14(19,20)21/h2,4-5H,3,6,22H2,1H3;2,4-5,23H,3,6H2,1H3/b2*12-5-. The maximum Gasteiger partial charge on any atom is 0.448 e. The van der Waals surface area contributed by atoms with Gasteiger partial charge in [0.25, 0.3) is 0 Å². The lowest BCUT2D eigenvalue weighted by molar-refractivity contribution is -0.125. The number of aliphatic hydroxyl groups excluding tert-OH is 1. The Morgan fingerprint density at radius 1 is 0.667 bits per heavy atom. The zero-order valence-corrected chi connectivity index (χ0v) is 25.9. The van der Waals surface area contributed by atoms with Crippen molar-refractivity contribution in [2.24, 2.45) is 5.73 Å². The van der Waals surface area contributed by atoms with Gasteiger partial charge >= 0.3 is 24.7 Å². The van der Waals surface area contributed by atoms with Gasteiger partial charge in [-0.05, 0) is 60.4 Å². The number of benzene rings is 2. The number of hydrogen-bond donors (Lipinski definition) is 2. The Bertz CT molecular complexity index is 1410. The number of ketones is 2. The zero-order valence-electron chi connectivity index (χ0n) is 24.2. The van der Waals surface area contributed by atoms with Crippen molar-refractivity contribution >= 4 is 35.1 Å². The van der Waals surface area contributed by atoms with Crippen LogP contribution >= 0.6 is 23.5 Å². The third-order valence-corrected chi connectivity index (χ3v) is 7.88. The second kappa shape index (κ2) is 16.8. The van der Waals surface area contributed by atoms with Gasteiger partial charge in [-0.15, -0.1) is 23.5 Å². The van der Waals surface area contributed by atoms with E-state index in [1.807, 2.05) is 0 Å². The Labute approximate surface area is 271 Å².